The van der Waals surface area contributed by atoms with Crippen molar-refractivity contribution >= 4 is 23.2 Å². The smallest absolute Gasteiger partial charge is 0.255 e. The summed E-state index contributed by atoms with van der Waals surface area (Å²) in [5.74, 6) is 0.666. The van der Waals surface area contributed by atoms with E-state index in [4.69, 9.17) is 17.3 Å². The quantitative estimate of drug-likeness (QED) is 0.871. The van der Waals surface area contributed by atoms with Crippen LogP contribution in [0.2, 0.25) is 5.02 Å². The molecule has 1 aliphatic rings. The van der Waals surface area contributed by atoms with Crippen LogP contribution in [0.25, 0.3) is 0 Å². The van der Waals surface area contributed by atoms with Crippen LogP contribution >= 0.6 is 11.6 Å². The normalized spacial score (nSPS) is 16.7. The molecule has 1 heterocycles. The van der Waals surface area contributed by atoms with Crippen molar-refractivity contribution in [3.05, 3.63) is 28.8 Å². The zero-order valence-corrected chi connectivity index (χ0v) is 12.9. The summed E-state index contributed by atoms with van der Waals surface area (Å²) in [7, 11) is 4.17. The first-order chi connectivity index (χ1) is 9.47. The van der Waals surface area contributed by atoms with Crippen LogP contribution in [0.4, 0.5) is 5.69 Å². The first-order valence-corrected chi connectivity index (χ1v) is 7.34. The fourth-order valence-corrected chi connectivity index (χ4v) is 2.89. The second-order valence-electron chi connectivity index (χ2n) is 5.73. The summed E-state index contributed by atoms with van der Waals surface area (Å²) in [4.78, 5) is 16.6. The average molecular weight is 296 g/mol. The molecule has 0 unspecified atom stereocenters. The van der Waals surface area contributed by atoms with Crippen LogP contribution in [0, 0.1) is 5.92 Å². The van der Waals surface area contributed by atoms with Gasteiger partial charge in [-0.1, -0.05) is 11.6 Å². The predicted octanol–water partition coefficient (Wildman–Crippen LogP) is 2.34. The Bertz CT molecular complexity index is 482. The van der Waals surface area contributed by atoms with E-state index in [-0.39, 0.29) is 5.91 Å². The second-order valence-corrected chi connectivity index (χ2v) is 6.17. The fraction of sp³-hybridized carbons (Fsp3) is 0.533. The number of piperidine rings is 1. The Morgan fingerprint density at radius 2 is 2.05 bits per heavy atom. The van der Waals surface area contributed by atoms with E-state index < -0.39 is 0 Å². The van der Waals surface area contributed by atoms with Crippen molar-refractivity contribution in [1.29, 1.82) is 0 Å². The van der Waals surface area contributed by atoms with Gasteiger partial charge in [-0.2, -0.15) is 0 Å². The standard InChI is InChI=1S/C15H22ClN3O/c1-18(2)10-11-5-7-19(8-6-11)15(20)13-9-12(16)3-4-14(13)17/h3-4,9,11H,5-8,10,17H2,1-2H3. The minimum atomic E-state index is -0.00620. The highest BCUT2D eigenvalue weighted by atomic mass is 35.5. The molecule has 1 amide bonds. The number of carbonyl (C=O) groups is 1. The maximum Gasteiger partial charge on any atom is 0.255 e. The van der Waals surface area contributed by atoms with Gasteiger partial charge in [-0.25, -0.2) is 0 Å². The molecule has 1 aliphatic heterocycles. The number of benzene rings is 1. The van der Waals surface area contributed by atoms with E-state index in [0.717, 1.165) is 32.5 Å². The lowest BCUT2D eigenvalue weighted by atomic mass is 9.96. The second kappa shape index (κ2) is 6.46. The number of amides is 1. The molecule has 2 rings (SSSR count). The van der Waals surface area contributed by atoms with Crippen LogP contribution in [0.5, 0.6) is 0 Å². The molecule has 5 heteroatoms. The topological polar surface area (TPSA) is 49.6 Å². The van der Waals surface area contributed by atoms with Crippen LogP contribution in [0.3, 0.4) is 0 Å². The van der Waals surface area contributed by atoms with Gasteiger partial charge in [0.15, 0.2) is 0 Å². The number of anilines is 1. The molecule has 0 aromatic heterocycles. The molecule has 0 bridgehead atoms. The van der Waals surface area contributed by atoms with Crippen LogP contribution in [0.15, 0.2) is 18.2 Å². The lowest BCUT2D eigenvalue weighted by Crippen LogP contribution is -2.40. The molecule has 0 saturated carbocycles. The van der Waals surface area contributed by atoms with Crippen molar-refractivity contribution in [2.24, 2.45) is 5.92 Å². The Morgan fingerprint density at radius 1 is 1.40 bits per heavy atom. The molecular weight excluding hydrogens is 274 g/mol. The van der Waals surface area contributed by atoms with Crippen molar-refractivity contribution in [2.75, 3.05) is 39.5 Å². The van der Waals surface area contributed by atoms with E-state index >= 15 is 0 Å². The van der Waals surface area contributed by atoms with Crippen molar-refractivity contribution in [1.82, 2.24) is 9.80 Å². The van der Waals surface area contributed by atoms with Gasteiger partial charge >= 0.3 is 0 Å². The first-order valence-electron chi connectivity index (χ1n) is 6.96. The molecule has 2 N–H and O–H groups in total. The van der Waals surface area contributed by atoms with E-state index in [9.17, 15) is 4.79 Å². The molecule has 1 aromatic carbocycles. The van der Waals surface area contributed by atoms with Gasteiger partial charge in [-0.3, -0.25) is 4.79 Å². The Hall–Kier alpha value is -1.26. The van der Waals surface area contributed by atoms with Crippen LogP contribution in [-0.4, -0.2) is 49.4 Å². The van der Waals surface area contributed by atoms with Crippen molar-refractivity contribution in [3.63, 3.8) is 0 Å². The number of likely N-dealkylation sites (tertiary alicyclic amines) is 1. The molecular formula is C15H22ClN3O. The fourth-order valence-electron chi connectivity index (χ4n) is 2.72. The lowest BCUT2D eigenvalue weighted by Gasteiger charge is -2.33. The van der Waals surface area contributed by atoms with Gasteiger partial charge in [0.1, 0.15) is 0 Å². The van der Waals surface area contributed by atoms with E-state index in [1.165, 1.54) is 0 Å². The highest BCUT2D eigenvalue weighted by Gasteiger charge is 2.25. The number of nitrogen functional groups attached to an aromatic ring is 1. The zero-order chi connectivity index (χ0) is 14.7. The molecule has 1 fully saturated rings. The van der Waals surface area contributed by atoms with Gasteiger partial charge in [0, 0.05) is 30.3 Å². The summed E-state index contributed by atoms with van der Waals surface area (Å²) in [5, 5.41) is 0.546. The minimum Gasteiger partial charge on any atom is -0.398 e. The number of hydrogen-bond acceptors (Lipinski definition) is 3. The largest absolute Gasteiger partial charge is 0.398 e. The Labute approximate surface area is 125 Å². The van der Waals surface area contributed by atoms with Gasteiger partial charge in [0.25, 0.3) is 5.91 Å². The monoisotopic (exact) mass is 295 g/mol. The maximum absolute atomic E-state index is 12.5. The molecule has 0 aliphatic carbocycles. The maximum atomic E-state index is 12.5. The third kappa shape index (κ3) is 3.64. The van der Waals surface area contributed by atoms with Crippen molar-refractivity contribution in [3.8, 4) is 0 Å². The molecule has 110 valence electrons. The highest BCUT2D eigenvalue weighted by molar-refractivity contribution is 6.31. The van der Waals surface area contributed by atoms with Crippen LogP contribution < -0.4 is 5.73 Å². The molecule has 0 radical (unpaired) electrons. The minimum absolute atomic E-state index is 0.00620. The molecule has 4 nitrogen and oxygen atoms in total. The van der Waals surface area contributed by atoms with Gasteiger partial charge in [-0.05, 0) is 51.1 Å². The Kier molecular flexibility index (Phi) is 4.89. The van der Waals surface area contributed by atoms with E-state index in [0.29, 0.717) is 22.2 Å². The average Bonchev–Trinajstić information content (AvgIpc) is 2.41. The first kappa shape index (κ1) is 15.1. The van der Waals surface area contributed by atoms with Gasteiger partial charge in [0.2, 0.25) is 0 Å². The van der Waals surface area contributed by atoms with E-state index in [1.54, 1.807) is 18.2 Å². The SMILES string of the molecule is CN(C)CC1CCN(C(=O)c2cc(Cl)ccc2N)CC1. The number of hydrogen-bond donors (Lipinski definition) is 1. The predicted molar refractivity (Wildman–Crippen MR) is 83.0 cm³/mol. The van der Waals surface area contributed by atoms with Crippen molar-refractivity contribution < 1.29 is 4.79 Å². The third-order valence-electron chi connectivity index (χ3n) is 3.77. The molecule has 0 atom stereocenters. The van der Waals surface area contributed by atoms with Crippen molar-refractivity contribution in [2.45, 2.75) is 12.8 Å². The summed E-state index contributed by atoms with van der Waals surface area (Å²) in [6, 6.07) is 5.05. The molecule has 20 heavy (non-hydrogen) atoms. The number of halogens is 1. The number of nitrogens with two attached hydrogens (primary N) is 1. The summed E-state index contributed by atoms with van der Waals surface area (Å²) in [5.41, 5.74) is 6.89. The Morgan fingerprint density at radius 3 is 2.65 bits per heavy atom. The van der Waals surface area contributed by atoms with E-state index in [1.807, 2.05) is 4.90 Å². The van der Waals surface area contributed by atoms with Gasteiger partial charge < -0.3 is 15.5 Å². The molecule has 0 spiro atoms. The zero-order valence-electron chi connectivity index (χ0n) is 12.1. The third-order valence-corrected chi connectivity index (χ3v) is 4.01. The number of carbonyl (C=O) groups excluding carboxylic acids is 1. The number of rotatable bonds is 3. The van der Waals surface area contributed by atoms with Crippen LogP contribution in [-0.2, 0) is 0 Å². The lowest BCUT2D eigenvalue weighted by molar-refractivity contribution is 0.0679. The Balaban J connectivity index is 2.00. The summed E-state index contributed by atoms with van der Waals surface area (Å²) in [6.07, 6.45) is 2.09. The van der Waals surface area contributed by atoms with E-state index in [2.05, 4.69) is 19.0 Å². The number of nitrogens with zero attached hydrogens (tertiary/aromatic N) is 2. The van der Waals surface area contributed by atoms with Gasteiger partial charge in [0.05, 0.1) is 5.56 Å². The summed E-state index contributed by atoms with van der Waals surface area (Å²) >= 11 is 5.95. The molecule has 1 aromatic rings. The summed E-state index contributed by atoms with van der Waals surface area (Å²) in [6.45, 7) is 2.67. The highest BCUT2D eigenvalue weighted by Crippen LogP contribution is 2.23. The molecule has 1 saturated heterocycles. The van der Waals surface area contributed by atoms with Crippen LogP contribution in [0.1, 0.15) is 23.2 Å². The summed E-state index contributed by atoms with van der Waals surface area (Å²) < 4.78 is 0. The van der Waals surface area contributed by atoms with Gasteiger partial charge in [-0.15, -0.1) is 0 Å².